The van der Waals surface area contributed by atoms with Gasteiger partial charge in [0.2, 0.25) is 0 Å². The summed E-state index contributed by atoms with van der Waals surface area (Å²) in [5.74, 6) is 1.18. The summed E-state index contributed by atoms with van der Waals surface area (Å²) in [6.45, 7) is 2.18. The van der Waals surface area contributed by atoms with Gasteiger partial charge in [-0.05, 0) is 38.2 Å². The summed E-state index contributed by atoms with van der Waals surface area (Å²) >= 11 is 3.05. The number of ether oxygens (including phenoxy) is 1. The molecular weight excluding hydrogens is 320 g/mol. The molecule has 5 nitrogen and oxygen atoms in total. The van der Waals surface area contributed by atoms with E-state index in [0.29, 0.717) is 18.2 Å². The molecule has 2 heterocycles. The van der Waals surface area contributed by atoms with Gasteiger partial charge in [0.15, 0.2) is 0 Å². The lowest BCUT2D eigenvalue weighted by Crippen LogP contribution is -2.13. The van der Waals surface area contributed by atoms with Crippen LogP contribution < -0.4 is 5.56 Å². The zero-order valence-corrected chi connectivity index (χ0v) is 14.1. The lowest BCUT2D eigenvalue weighted by molar-refractivity contribution is -0.139. The third-order valence-electron chi connectivity index (χ3n) is 3.64. The van der Waals surface area contributed by atoms with Crippen LogP contribution in [0.5, 0.6) is 0 Å². The van der Waals surface area contributed by atoms with Gasteiger partial charge < -0.3 is 9.72 Å². The van der Waals surface area contributed by atoms with Gasteiger partial charge in [-0.1, -0.05) is 0 Å². The number of rotatable bonds is 5. The zero-order valence-electron chi connectivity index (χ0n) is 12.4. The van der Waals surface area contributed by atoms with Gasteiger partial charge in [-0.15, -0.1) is 23.1 Å². The average molecular weight is 338 g/mol. The standard InChI is InChI=1S/C15H18N2O3S2/c1-2-20-12(18)8-21-7-11-16-14(19)13-9-5-3-4-6-10(9)22-15(13)17-11/h2-8H2,1H3,(H,16,17,19). The summed E-state index contributed by atoms with van der Waals surface area (Å²) in [5.41, 5.74) is 1.15. The Balaban J connectivity index is 1.78. The number of fused-ring (bicyclic) bond motifs is 3. The molecular formula is C15H18N2O3S2. The summed E-state index contributed by atoms with van der Waals surface area (Å²) in [4.78, 5) is 33.2. The molecule has 0 bridgehead atoms. The molecule has 0 spiro atoms. The molecule has 0 saturated carbocycles. The van der Waals surface area contributed by atoms with E-state index < -0.39 is 0 Å². The number of thiophene rings is 1. The van der Waals surface area contributed by atoms with Crippen LogP contribution in [0.1, 0.15) is 36.0 Å². The van der Waals surface area contributed by atoms with Crippen LogP contribution in [0.25, 0.3) is 10.2 Å². The number of thioether (sulfide) groups is 1. The monoisotopic (exact) mass is 338 g/mol. The summed E-state index contributed by atoms with van der Waals surface area (Å²) in [7, 11) is 0. The Hall–Kier alpha value is -1.34. The van der Waals surface area contributed by atoms with Crippen molar-refractivity contribution in [2.45, 2.75) is 38.4 Å². The first-order valence-corrected chi connectivity index (χ1v) is 9.43. The fraction of sp³-hybridized carbons (Fsp3) is 0.533. The van der Waals surface area contributed by atoms with Gasteiger partial charge in [0.1, 0.15) is 10.7 Å². The molecule has 0 aliphatic heterocycles. The molecule has 0 amide bonds. The molecule has 0 aromatic carbocycles. The molecule has 1 aliphatic rings. The van der Waals surface area contributed by atoms with Crippen molar-refractivity contribution in [3.63, 3.8) is 0 Å². The minimum Gasteiger partial charge on any atom is -0.465 e. The number of nitrogens with one attached hydrogen (secondary N) is 1. The third kappa shape index (κ3) is 3.20. The van der Waals surface area contributed by atoms with E-state index in [0.717, 1.165) is 29.5 Å². The molecule has 2 aromatic heterocycles. The Morgan fingerprint density at radius 2 is 2.23 bits per heavy atom. The number of carbonyl (C=O) groups is 1. The van der Waals surface area contributed by atoms with Crippen molar-refractivity contribution in [2.24, 2.45) is 0 Å². The maximum atomic E-state index is 12.3. The average Bonchev–Trinajstić information content (AvgIpc) is 2.86. The first-order chi connectivity index (χ1) is 10.7. The Morgan fingerprint density at radius 3 is 3.05 bits per heavy atom. The van der Waals surface area contributed by atoms with Crippen LogP contribution in [0.4, 0.5) is 0 Å². The molecule has 3 rings (SSSR count). The highest BCUT2D eigenvalue weighted by molar-refractivity contribution is 7.99. The third-order valence-corrected chi connectivity index (χ3v) is 5.74. The van der Waals surface area contributed by atoms with Crippen LogP contribution in [0.15, 0.2) is 4.79 Å². The Morgan fingerprint density at radius 1 is 1.41 bits per heavy atom. The predicted octanol–water partition coefficient (Wildman–Crippen LogP) is 2.66. The quantitative estimate of drug-likeness (QED) is 0.849. The SMILES string of the molecule is CCOC(=O)CSCc1nc2sc3c(c2c(=O)[nH]1)CCCC3. The number of nitrogens with zero attached hydrogens (tertiary/aromatic N) is 1. The van der Waals surface area contributed by atoms with Crippen LogP contribution >= 0.6 is 23.1 Å². The van der Waals surface area contributed by atoms with E-state index in [-0.39, 0.29) is 17.3 Å². The molecule has 0 saturated heterocycles. The van der Waals surface area contributed by atoms with Gasteiger partial charge in [0.05, 0.1) is 23.5 Å². The Bertz CT molecular complexity index is 751. The van der Waals surface area contributed by atoms with Crippen LogP contribution in [0, 0.1) is 0 Å². The van der Waals surface area contributed by atoms with Gasteiger partial charge >= 0.3 is 5.97 Å². The number of hydrogen-bond acceptors (Lipinski definition) is 6. The summed E-state index contributed by atoms with van der Waals surface area (Å²) in [5, 5.41) is 0.777. The maximum absolute atomic E-state index is 12.3. The van der Waals surface area contributed by atoms with Crippen LogP contribution in [0.3, 0.4) is 0 Å². The van der Waals surface area contributed by atoms with E-state index in [1.54, 1.807) is 18.3 Å². The van der Waals surface area contributed by atoms with Crippen LogP contribution in [-0.4, -0.2) is 28.3 Å². The largest absolute Gasteiger partial charge is 0.465 e. The Labute approximate surface area is 136 Å². The van der Waals surface area contributed by atoms with E-state index in [1.807, 2.05) is 0 Å². The van der Waals surface area contributed by atoms with Gasteiger partial charge in [-0.2, -0.15) is 0 Å². The lowest BCUT2D eigenvalue weighted by atomic mass is 9.97. The van der Waals surface area contributed by atoms with E-state index in [2.05, 4.69) is 9.97 Å². The second-order valence-electron chi connectivity index (χ2n) is 5.20. The summed E-state index contributed by atoms with van der Waals surface area (Å²) < 4.78 is 4.88. The lowest BCUT2D eigenvalue weighted by Gasteiger charge is -2.09. The van der Waals surface area contributed by atoms with Gasteiger partial charge in [-0.3, -0.25) is 9.59 Å². The van der Waals surface area contributed by atoms with Crippen molar-refractivity contribution in [1.29, 1.82) is 0 Å². The predicted molar refractivity (Wildman–Crippen MR) is 89.7 cm³/mol. The van der Waals surface area contributed by atoms with E-state index >= 15 is 0 Å². The number of esters is 1. The van der Waals surface area contributed by atoms with Gasteiger partial charge in [0, 0.05) is 4.88 Å². The zero-order chi connectivity index (χ0) is 15.5. The minimum atomic E-state index is -0.234. The topological polar surface area (TPSA) is 72.0 Å². The molecule has 22 heavy (non-hydrogen) atoms. The summed E-state index contributed by atoms with van der Waals surface area (Å²) in [6, 6.07) is 0. The van der Waals surface area contributed by atoms with Crippen molar-refractivity contribution >= 4 is 39.3 Å². The molecule has 7 heteroatoms. The Kier molecular flexibility index (Phi) is 4.83. The molecule has 0 radical (unpaired) electrons. The van der Waals surface area contributed by atoms with Crippen molar-refractivity contribution in [1.82, 2.24) is 9.97 Å². The summed E-state index contributed by atoms with van der Waals surface area (Å²) in [6.07, 6.45) is 4.38. The molecule has 1 aliphatic carbocycles. The number of H-pyrrole nitrogens is 1. The van der Waals surface area contributed by atoms with Crippen molar-refractivity contribution in [3.05, 3.63) is 26.6 Å². The molecule has 1 N–H and O–H groups in total. The normalized spacial score (nSPS) is 14.0. The number of aromatic nitrogens is 2. The highest BCUT2D eigenvalue weighted by Crippen LogP contribution is 2.33. The van der Waals surface area contributed by atoms with E-state index in [9.17, 15) is 9.59 Å². The van der Waals surface area contributed by atoms with Gasteiger partial charge in [-0.25, -0.2) is 4.98 Å². The second kappa shape index (κ2) is 6.83. The molecule has 0 fully saturated rings. The van der Waals surface area contributed by atoms with E-state index in [4.69, 9.17) is 4.74 Å². The molecule has 118 valence electrons. The minimum absolute atomic E-state index is 0.0452. The second-order valence-corrected chi connectivity index (χ2v) is 7.27. The molecule has 0 unspecified atom stereocenters. The smallest absolute Gasteiger partial charge is 0.315 e. The van der Waals surface area contributed by atoms with Crippen molar-refractivity contribution < 1.29 is 9.53 Å². The van der Waals surface area contributed by atoms with Crippen molar-refractivity contribution in [3.8, 4) is 0 Å². The van der Waals surface area contributed by atoms with Crippen LogP contribution in [0.2, 0.25) is 0 Å². The number of hydrogen-bond donors (Lipinski definition) is 1. The van der Waals surface area contributed by atoms with Crippen LogP contribution in [-0.2, 0) is 28.1 Å². The highest BCUT2D eigenvalue weighted by atomic mass is 32.2. The first kappa shape index (κ1) is 15.6. The number of carbonyl (C=O) groups excluding carboxylic acids is 1. The maximum Gasteiger partial charge on any atom is 0.315 e. The molecule has 2 aromatic rings. The highest BCUT2D eigenvalue weighted by Gasteiger charge is 2.19. The van der Waals surface area contributed by atoms with E-state index in [1.165, 1.54) is 28.6 Å². The first-order valence-electron chi connectivity index (χ1n) is 7.46. The number of aromatic amines is 1. The fourth-order valence-corrected chi connectivity index (χ4v) is 4.67. The fourth-order valence-electron chi connectivity index (χ4n) is 2.71. The van der Waals surface area contributed by atoms with Crippen molar-refractivity contribution in [2.75, 3.05) is 12.4 Å². The molecule has 0 atom stereocenters. The van der Waals surface area contributed by atoms with Gasteiger partial charge in [0.25, 0.3) is 5.56 Å². The number of aryl methyl sites for hydroxylation is 2.